The molecule has 17 heavy (non-hydrogen) atoms. The average molecular weight is 358 g/mol. The number of halogens is 5. The van der Waals surface area contributed by atoms with Gasteiger partial charge in [-0.2, -0.15) is 0 Å². The summed E-state index contributed by atoms with van der Waals surface area (Å²) in [6, 6.07) is 5.61. The molecular formula is C11H5BrCl2F2S. The molecule has 1 atom stereocenters. The smallest absolute Gasteiger partial charge is 0.160 e. The van der Waals surface area contributed by atoms with Gasteiger partial charge in [0.2, 0.25) is 0 Å². The lowest BCUT2D eigenvalue weighted by Crippen LogP contribution is -1.95. The zero-order valence-electron chi connectivity index (χ0n) is 8.18. The van der Waals surface area contributed by atoms with Crippen LogP contribution in [0.15, 0.2) is 24.3 Å². The second-order valence-electron chi connectivity index (χ2n) is 3.29. The van der Waals surface area contributed by atoms with E-state index < -0.39 is 11.6 Å². The van der Waals surface area contributed by atoms with Crippen molar-refractivity contribution in [3.63, 3.8) is 0 Å². The SMILES string of the molecule is Fc1cc(Cl)c(C(Br)c2ccc(Cl)s2)cc1F. The third-order valence-electron chi connectivity index (χ3n) is 2.16. The van der Waals surface area contributed by atoms with Gasteiger partial charge in [-0.1, -0.05) is 39.1 Å². The summed E-state index contributed by atoms with van der Waals surface area (Å²) in [6.45, 7) is 0. The van der Waals surface area contributed by atoms with E-state index in [1.54, 1.807) is 6.07 Å². The van der Waals surface area contributed by atoms with E-state index >= 15 is 0 Å². The summed E-state index contributed by atoms with van der Waals surface area (Å²) < 4.78 is 26.7. The third kappa shape index (κ3) is 2.81. The van der Waals surface area contributed by atoms with Gasteiger partial charge in [-0.15, -0.1) is 11.3 Å². The van der Waals surface area contributed by atoms with Gasteiger partial charge in [-0.25, -0.2) is 8.78 Å². The molecular weight excluding hydrogens is 353 g/mol. The van der Waals surface area contributed by atoms with Crippen molar-refractivity contribution in [2.24, 2.45) is 0 Å². The van der Waals surface area contributed by atoms with Crippen LogP contribution in [0.1, 0.15) is 15.3 Å². The molecule has 2 aromatic rings. The first-order valence-corrected chi connectivity index (χ1v) is 7.01. The Kier molecular flexibility index (Phi) is 4.08. The Bertz CT molecular complexity index is 556. The lowest BCUT2D eigenvalue weighted by molar-refractivity contribution is 0.507. The quantitative estimate of drug-likeness (QED) is 0.469. The first-order valence-electron chi connectivity index (χ1n) is 4.53. The highest BCUT2D eigenvalue weighted by molar-refractivity contribution is 9.09. The minimum Gasteiger partial charge on any atom is -0.204 e. The number of thiophene rings is 1. The molecule has 1 unspecified atom stereocenters. The van der Waals surface area contributed by atoms with E-state index in [-0.39, 0.29) is 9.85 Å². The number of hydrogen-bond donors (Lipinski definition) is 0. The summed E-state index contributed by atoms with van der Waals surface area (Å²) in [7, 11) is 0. The van der Waals surface area contributed by atoms with Crippen LogP contribution in [0.5, 0.6) is 0 Å². The van der Waals surface area contributed by atoms with E-state index in [0.717, 1.165) is 17.0 Å². The summed E-state index contributed by atoms with van der Waals surface area (Å²) in [6.07, 6.45) is 0. The Morgan fingerprint density at radius 2 is 1.76 bits per heavy atom. The molecule has 90 valence electrons. The summed E-state index contributed by atoms with van der Waals surface area (Å²) >= 11 is 16.5. The zero-order chi connectivity index (χ0) is 12.6. The number of alkyl halides is 1. The molecule has 0 saturated heterocycles. The molecule has 0 saturated carbocycles. The van der Waals surface area contributed by atoms with Gasteiger partial charge >= 0.3 is 0 Å². The largest absolute Gasteiger partial charge is 0.204 e. The minimum absolute atomic E-state index is 0.176. The topological polar surface area (TPSA) is 0 Å². The van der Waals surface area contributed by atoms with Gasteiger partial charge in [0.25, 0.3) is 0 Å². The minimum atomic E-state index is -0.956. The summed E-state index contributed by atoms with van der Waals surface area (Å²) in [5.41, 5.74) is 0.476. The highest BCUT2D eigenvalue weighted by atomic mass is 79.9. The predicted octanol–water partition coefficient (Wildman–Crippen LogP) is 5.82. The van der Waals surface area contributed by atoms with Gasteiger partial charge in [-0.05, 0) is 29.8 Å². The lowest BCUT2D eigenvalue weighted by Gasteiger charge is -2.10. The molecule has 1 heterocycles. The normalized spacial score (nSPS) is 12.8. The molecule has 0 N–H and O–H groups in total. The zero-order valence-corrected chi connectivity index (χ0v) is 12.1. The number of benzene rings is 1. The molecule has 0 spiro atoms. The van der Waals surface area contributed by atoms with Crippen LogP contribution >= 0.6 is 50.5 Å². The maximum absolute atomic E-state index is 13.2. The standard InChI is InChI=1S/C11H5BrCl2F2S/c12-11(9-1-2-10(14)17-9)5-3-7(15)8(16)4-6(5)13/h1-4,11H. The summed E-state index contributed by atoms with van der Waals surface area (Å²) in [5, 5.41) is 0.176. The molecule has 0 aliphatic carbocycles. The van der Waals surface area contributed by atoms with Crippen LogP contribution in [0.25, 0.3) is 0 Å². The van der Waals surface area contributed by atoms with Crippen molar-refractivity contribution in [1.82, 2.24) is 0 Å². The fraction of sp³-hybridized carbons (Fsp3) is 0.0909. The van der Waals surface area contributed by atoms with Crippen LogP contribution in [0.2, 0.25) is 9.36 Å². The molecule has 0 aliphatic heterocycles. The highest BCUT2D eigenvalue weighted by Crippen LogP contribution is 2.40. The Balaban J connectivity index is 2.43. The van der Waals surface area contributed by atoms with Crippen LogP contribution in [-0.2, 0) is 0 Å². The molecule has 2 rings (SSSR count). The van der Waals surface area contributed by atoms with E-state index in [1.165, 1.54) is 11.3 Å². The monoisotopic (exact) mass is 356 g/mol. The Hall–Kier alpha value is -0.160. The van der Waals surface area contributed by atoms with Crippen LogP contribution < -0.4 is 0 Å². The molecule has 6 heteroatoms. The van der Waals surface area contributed by atoms with Crippen molar-refractivity contribution in [2.75, 3.05) is 0 Å². The Morgan fingerprint density at radius 3 is 2.35 bits per heavy atom. The summed E-state index contributed by atoms with van der Waals surface area (Å²) in [5.74, 6) is -1.88. The van der Waals surface area contributed by atoms with Crippen LogP contribution in [0.3, 0.4) is 0 Å². The second kappa shape index (κ2) is 5.22. The fourth-order valence-corrected chi connectivity index (χ4v) is 3.61. The van der Waals surface area contributed by atoms with Crippen molar-refractivity contribution in [3.8, 4) is 0 Å². The molecule has 0 radical (unpaired) electrons. The van der Waals surface area contributed by atoms with E-state index in [2.05, 4.69) is 15.9 Å². The first kappa shape index (κ1) is 13.3. The van der Waals surface area contributed by atoms with Crippen molar-refractivity contribution in [3.05, 3.63) is 55.7 Å². The van der Waals surface area contributed by atoms with Gasteiger partial charge in [0, 0.05) is 9.90 Å². The lowest BCUT2D eigenvalue weighted by atomic mass is 10.1. The number of rotatable bonds is 2. The van der Waals surface area contributed by atoms with Crippen molar-refractivity contribution in [2.45, 2.75) is 4.83 Å². The summed E-state index contributed by atoms with van der Waals surface area (Å²) in [4.78, 5) is 0.575. The Morgan fingerprint density at radius 1 is 1.12 bits per heavy atom. The predicted molar refractivity (Wildman–Crippen MR) is 71.5 cm³/mol. The van der Waals surface area contributed by atoms with Crippen molar-refractivity contribution < 1.29 is 8.78 Å². The molecule has 0 amide bonds. The van der Waals surface area contributed by atoms with E-state index in [9.17, 15) is 8.78 Å². The molecule has 0 nitrogen and oxygen atoms in total. The maximum Gasteiger partial charge on any atom is 0.160 e. The van der Waals surface area contributed by atoms with Crippen molar-refractivity contribution >= 4 is 50.5 Å². The van der Waals surface area contributed by atoms with Crippen molar-refractivity contribution in [1.29, 1.82) is 0 Å². The van der Waals surface area contributed by atoms with E-state index in [0.29, 0.717) is 9.90 Å². The number of hydrogen-bond acceptors (Lipinski definition) is 1. The van der Waals surface area contributed by atoms with Gasteiger partial charge in [0.1, 0.15) is 0 Å². The van der Waals surface area contributed by atoms with Gasteiger partial charge < -0.3 is 0 Å². The molecule has 1 aromatic heterocycles. The van der Waals surface area contributed by atoms with Gasteiger partial charge in [0.05, 0.1) is 9.16 Å². The van der Waals surface area contributed by atoms with Crippen LogP contribution in [0, 0.1) is 11.6 Å². The van der Waals surface area contributed by atoms with Gasteiger partial charge in [0.15, 0.2) is 11.6 Å². The van der Waals surface area contributed by atoms with E-state index in [1.807, 2.05) is 6.07 Å². The molecule has 1 aromatic carbocycles. The third-order valence-corrected chi connectivity index (χ3v) is 5.07. The fourth-order valence-electron chi connectivity index (χ4n) is 1.35. The Labute approximate surface area is 119 Å². The van der Waals surface area contributed by atoms with E-state index in [4.69, 9.17) is 23.2 Å². The molecule has 0 aliphatic rings. The van der Waals surface area contributed by atoms with Crippen LogP contribution in [0.4, 0.5) is 8.78 Å². The first-order chi connectivity index (χ1) is 7.99. The molecule has 0 fully saturated rings. The molecule has 0 bridgehead atoms. The highest BCUT2D eigenvalue weighted by Gasteiger charge is 2.18. The average Bonchev–Trinajstić information content (AvgIpc) is 2.69. The van der Waals surface area contributed by atoms with Crippen LogP contribution in [-0.4, -0.2) is 0 Å². The van der Waals surface area contributed by atoms with Gasteiger partial charge in [-0.3, -0.25) is 0 Å². The maximum atomic E-state index is 13.2. The second-order valence-corrected chi connectivity index (χ2v) is 6.36.